The minimum absolute atomic E-state index is 0.684. The van der Waals surface area contributed by atoms with Gasteiger partial charge in [0, 0.05) is 24.3 Å². The van der Waals surface area contributed by atoms with Crippen LogP contribution in [0.3, 0.4) is 0 Å². The number of anilines is 1. The van der Waals surface area contributed by atoms with Crippen LogP contribution in [0.15, 0.2) is 17.4 Å². The molecule has 0 radical (unpaired) electrons. The van der Waals surface area contributed by atoms with Crippen molar-refractivity contribution in [2.75, 3.05) is 17.7 Å². The van der Waals surface area contributed by atoms with Crippen molar-refractivity contribution in [1.29, 1.82) is 0 Å². The Morgan fingerprint density at radius 1 is 1.35 bits per heavy atom. The van der Waals surface area contributed by atoms with Gasteiger partial charge in [-0.3, -0.25) is 0 Å². The summed E-state index contributed by atoms with van der Waals surface area (Å²) in [7, 11) is 0. The van der Waals surface area contributed by atoms with Gasteiger partial charge in [-0.15, -0.1) is 0 Å². The molecule has 1 aromatic rings. The molecule has 3 nitrogen and oxygen atoms in total. The maximum atomic E-state index is 4.68. The Balaban J connectivity index is 1.96. The SMILES string of the molecule is CSc1ncc2c(n1)N(C1CCCC1)CC=C2. The molecular formula is C13H17N3S. The second-order valence-corrected chi connectivity index (χ2v) is 5.40. The molecule has 1 aliphatic heterocycles. The van der Waals surface area contributed by atoms with Gasteiger partial charge < -0.3 is 4.90 Å². The third-order valence-electron chi connectivity index (χ3n) is 3.59. The van der Waals surface area contributed by atoms with Crippen molar-refractivity contribution < 1.29 is 0 Å². The predicted molar refractivity (Wildman–Crippen MR) is 72.4 cm³/mol. The maximum absolute atomic E-state index is 4.68. The van der Waals surface area contributed by atoms with Crippen LogP contribution in [0.25, 0.3) is 6.08 Å². The lowest BCUT2D eigenvalue weighted by Gasteiger charge is -2.32. The van der Waals surface area contributed by atoms with E-state index < -0.39 is 0 Å². The molecule has 4 heteroatoms. The third-order valence-corrected chi connectivity index (χ3v) is 4.16. The molecule has 0 unspecified atom stereocenters. The van der Waals surface area contributed by atoms with E-state index in [1.54, 1.807) is 11.8 Å². The van der Waals surface area contributed by atoms with Gasteiger partial charge in [-0.2, -0.15) is 0 Å². The van der Waals surface area contributed by atoms with E-state index in [9.17, 15) is 0 Å². The highest BCUT2D eigenvalue weighted by molar-refractivity contribution is 7.98. The van der Waals surface area contributed by atoms with Crippen molar-refractivity contribution in [3.8, 4) is 0 Å². The zero-order valence-electron chi connectivity index (χ0n) is 10.1. The lowest BCUT2D eigenvalue weighted by Crippen LogP contribution is -2.36. The van der Waals surface area contributed by atoms with Gasteiger partial charge in [0.1, 0.15) is 5.82 Å². The van der Waals surface area contributed by atoms with Crippen molar-refractivity contribution >= 4 is 23.7 Å². The van der Waals surface area contributed by atoms with Crippen LogP contribution in [0.4, 0.5) is 5.82 Å². The van der Waals surface area contributed by atoms with E-state index in [1.165, 1.54) is 31.2 Å². The molecule has 1 fully saturated rings. The molecule has 2 heterocycles. The lowest BCUT2D eigenvalue weighted by molar-refractivity contribution is 0.618. The van der Waals surface area contributed by atoms with Crippen LogP contribution in [0.1, 0.15) is 31.2 Å². The van der Waals surface area contributed by atoms with E-state index in [1.807, 2.05) is 12.5 Å². The molecule has 0 N–H and O–H groups in total. The standard InChI is InChI=1S/C13H17N3S/c1-17-13-14-9-10-5-4-8-16(12(10)15-13)11-6-2-3-7-11/h4-5,9,11H,2-3,6-8H2,1H3. The summed E-state index contributed by atoms with van der Waals surface area (Å²) in [6, 6.07) is 0.684. The molecule has 1 aliphatic carbocycles. The van der Waals surface area contributed by atoms with E-state index in [-0.39, 0.29) is 0 Å². The Morgan fingerprint density at radius 2 is 2.18 bits per heavy atom. The Labute approximate surface area is 106 Å². The molecule has 90 valence electrons. The first-order valence-electron chi connectivity index (χ1n) is 6.22. The van der Waals surface area contributed by atoms with Crippen molar-refractivity contribution in [2.45, 2.75) is 36.9 Å². The molecule has 0 amide bonds. The van der Waals surface area contributed by atoms with Gasteiger partial charge in [-0.1, -0.05) is 36.8 Å². The number of hydrogen-bond acceptors (Lipinski definition) is 4. The van der Waals surface area contributed by atoms with E-state index in [0.29, 0.717) is 6.04 Å². The van der Waals surface area contributed by atoms with E-state index >= 15 is 0 Å². The second kappa shape index (κ2) is 4.69. The summed E-state index contributed by atoms with van der Waals surface area (Å²) in [5.74, 6) is 1.14. The minimum Gasteiger partial charge on any atom is -0.349 e. The van der Waals surface area contributed by atoms with Crippen LogP contribution < -0.4 is 4.90 Å². The predicted octanol–water partition coefficient (Wildman–Crippen LogP) is 2.97. The fourth-order valence-corrected chi connectivity index (χ4v) is 3.07. The molecule has 1 aromatic heterocycles. The lowest BCUT2D eigenvalue weighted by atomic mass is 10.1. The molecule has 0 bridgehead atoms. The maximum Gasteiger partial charge on any atom is 0.189 e. The van der Waals surface area contributed by atoms with Gasteiger partial charge in [-0.25, -0.2) is 9.97 Å². The van der Waals surface area contributed by atoms with Crippen molar-refractivity contribution in [1.82, 2.24) is 9.97 Å². The molecule has 0 saturated heterocycles. The summed E-state index contributed by atoms with van der Waals surface area (Å²) < 4.78 is 0. The fourth-order valence-electron chi connectivity index (χ4n) is 2.73. The molecule has 0 atom stereocenters. The van der Waals surface area contributed by atoms with Crippen LogP contribution in [0.2, 0.25) is 0 Å². The van der Waals surface area contributed by atoms with E-state index in [4.69, 9.17) is 0 Å². The first kappa shape index (κ1) is 11.1. The second-order valence-electron chi connectivity index (χ2n) is 4.63. The highest BCUT2D eigenvalue weighted by atomic mass is 32.2. The number of hydrogen-bond donors (Lipinski definition) is 0. The van der Waals surface area contributed by atoms with E-state index in [0.717, 1.165) is 17.5 Å². The zero-order valence-corrected chi connectivity index (χ0v) is 10.9. The average Bonchev–Trinajstić information content (AvgIpc) is 2.91. The monoisotopic (exact) mass is 247 g/mol. The number of nitrogens with zero attached hydrogens (tertiary/aromatic N) is 3. The minimum atomic E-state index is 0.684. The molecule has 0 aromatic carbocycles. The smallest absolute Gasteiger partial charge is 0.189 e. The quantitative estimate of drug-likeness (QED) is 0.593. The highest BCUT2D eigenvalue weighted by Gasteiger charge is 2.26. The number of aromatic nitrogens is 2. The van der Waals surface area contributed by atoms with Crippen LogP contribution in [-0.4, -0.2) is 28.8 Å². The van der Waals surface area contributed by atoms with Crippen LogP contribution >= 0.6 is 11.8 Å². The first-order chi connectivity index (χ1) is 8.38. The summed E-state index contributed by atoms with van der Waals surface area (Å²) in [5, 5.41) is 0.877. The Morgan fingerprint density at radius 3 is 2.94 bits per heavy atom. The molecule has 17 heavy (non-hydrogen) atoms. The van der Waals surface area contributed by atoms with Crippen molar-refractivity contribution in [3.05, 3.63) is 17.8 Å². The number of rotatable bonds is 2. The third kappa shape index (κ3) is 2.06. The van der Waals surface area contributed by atoms with Gasteiger partial charge in [0.2, 0.25) is 0 Å². The van der Waals surface area contributed by atoms with Crippen LogP contribution in [-0.2, 0) is 0 Å². The molecule has 1 saturated carbocycles. The summed E-state index contributed by atoms with van der Waals surface area (Å²) in [6.07, 6.45) is 13.7. The van der Waals surface area contributed by atoms with Gasteiger partial charge in [0.25, 0.3) is 0 Å². The highest BCUT2D eigenvalue weighted by Crippen LogP contribution is 2.32. The Kier molecular flexibility index (Phi) is 3.05. The van der Waals surface area contributed by atoms with Crippen LogP contribution in [0.5, 0.6) is 0 Å². The van der Waals surface area contributed by atoms with Crippen molar-refractivity contribution in [2.24, 2.45) is 0 Å². The topological polar surface area (TPSA) is 29.0 Å². The Bertz CT molecular complexity index is 438. The van der Waals surface area contributed by atoms with Crippen LogP contribution in [0, 0.1) is 0 Å². The Hall–Kier alpha value is -1.03. The van der Waals surface area contributed by atoms with E-state index in [2.05, 4.69) is 27.0 Å². The average molecular weight is 247 g/mol. The molecule has 2 aliphatic rings. The summed E-state index contributed by atoms with van der Waals surface area (Å²) >= 11 is 1.61. The van der Waals surface area contributed by atoms with Gasteiger partial charge in [0.15, 0.2) is 5.16 Å². The zero-order chi connectivity index (χ0) is 11.7. The fraction of sp³-hybridized carbons (Fsp3) is 0.538. The van der Waals surface area contributed by atoms with Crippen molar-refractivity contribution in [3.63, 3.8) is 0 Å². The summed E-state index contributed by atoms with van der Waals surface area (Å²) in [6.45, 7) is 1.00. The summed E-state index contributed by atoms with van der Waals surface area (Å²) in [4.78, 5) is 11.5. The number of thioether (sulfide) groups is 1. The molecule has 0 spiro atoms. The largest absolute Gasteiger partial charge is 0.349 e. The van der Waals surface area contributed by atoms with Gasteiger partial charge in [0.05, 0.1) is 0 Å². The normalized spacial score (nSPS) is 19.7. The first-order valence-corrected chi connectivity index (χ1v) is 7.45. The summed E-state index contributed by atoms with van der Waals surface area (Å²) in [5.41, 5.74) is 1.17. The van der Waals surface area contributed by atoms with Gasteiger partial charge >= 0.3 is 0 Å². The molecular weight excluding hydrogens is 230 g/mol. The number of fused-ring (bicyclic) bond motifs is 1. The van der Waals surface area contributed by atoms with Gasteiger partial charge in [-0.05, 0) is 19.1 Å². The molecule has 3 rings (SSSR count).